The number of anilines is 1. The summed E-state index contributed by atoms with van der Waals surface area (Å²) >= 11 is 0. The Labute approximate surface area is 143 Å². The number of amides is 2. The number of hydrogen-bond donors (Lipinski definition) is 1. The van der Waals surface area contributed by atoms with Crippen LogP contribution in [-0.2, 0) is 4.74 Å². The number of piperazine rings is 1. The Bertz CT molecular complexity index is 565. The zero-order chi connectivity index (χ0) is 16.9. The fourth-order valence-electron chi connectivity index (χ4n) is 3.37. The molecule has 3 rings (SSSR count). The molecule has 0 aromatic heterocycles. The fourth-order valence-corrected chi connectivity index (χ4v) is 3.37. The lowest BCUT2D eigenvalue weighted by molar-refractivity contribution is 0.0572. The molecule has 2 heterocycles. The Balaban J connectivity index is 1.47. The maximum Gasteiger partial charge on any atom is 0.321 e. The predicted molar refractivity (Wildman–Crippen MR) is 93.7 cm³/mol. The molecule has 0 radical (unpaired) electrons. The molecule has 2 aliphatic rings. The minimum Gasteiger partial charge on any atom is -0.496 e. The second-order valence-electron chi connectivity index (χ2n) is 6.54. The SMILES string of the molecule is COc1ccc(NC(=O)N2CCN(C[C@@H]3CCCO3)CC2)cc1C. The number of rotatable bonds is 4. The van der Waals surface area contributed by atoms with Gasteiger partial charge >= 0.3 is 6.03 Å². The lowest BCUT2D eigenvalue weighted by Gasteiger charge is -2.35. The van der Waals surface area contributed by atoms with E-state index in [0.29, 0.717) is 6.10 Å². The molecule has 1 aromatic rings. The first-order valence-electron chi connectivity index (χ1n) is 8.70. The van der Waals surface area contributed by atoms with E-state index in [-0.39, 0.29) is 6.03 Å². The Morgan fingerprint density at radius 2 is 2.12 bits per heavy atom. The molecule has 24 heavy (non-hydrogen) atoms. The zero-order valence-electron chi connectivity index (χ0n) is 14.6. The molecule has 0 bridgehead atoms. The van der Waals surface area contributed by atoms with Crippen LogP contribution >= 0.6 is 0 Å². The number of hydrogen-bond acceptors (Lipinski definition) is 4. The highest BCUT2D eigenvalue weighted by Crippen LogP contribution is 2.22. The maximum absolute atomic E-state index is 12.4. The fraction of sp³-hybridized carbons (Fsp3) is 0.611. The van der Waals surface area contributed by atoms with Crippen molar-refractivity contribution in [3.8, 4) is 5.75 Å². The lowest BCUT2D eigenvalue weighted by atomic mass is 10.2. The predicted octanol–water partition coefficient (Wildman–Crippen LogP) is 2.33. The molecule has 0 spiro atoms. The van der Waals surface area contributed by atoms with Crippen LogP contribution in [0.3, 0.4) is 0 Å². The zero-order valence-corrected chi connectivity index (χ0v) is 14.6. The molecule has 2 fully saturated rings. The van der Waals surface area contributed by atoms with Crippen molar-refractivity contribution in [1.29, 1.82) is 0 Å². The monoisotopic (exact) mass is 333 g/mol. The van der Waals surface area contributed by atoms with E-state index in [1.807, 2.05) is 30.0 Å². The van der Waals surface area contributed by atoms with Crippen LogP contribution in [0.1, 0.15) is 18.4 Å². The van der Waals surface area contributed by atoms with Gasteiger partial charge in [0, 0.05) is 45.0 Å². The van der Waals surface area contributed by atoms with Gasteiger partial charge in [-0.3, -0.25) is 4.90 Å². The highest BCUT2D eigenvalue weighted by Gasteiger charge is 2.24. The quantitative estimate of drug-likeness (QED) is 0.919. The number of aryl methyl sites for hydroxylation is 1. The number of ether oxygens (including phenoxy) is 2. The second-order valence-corrected chi connectivity index (χ2v) is 6.54. The van der Waals surface area contributed by atoms with Crippen molar-refractivity contribution >= 4 is 11.7 Å². The molecular weight excluding hydrogens is 306 g/mol. The van der Waals surface area contributed by atoms with Crippen LogP contribution in [0.5, 0.6) is 5.75 Å². The van der Waals surface area contributed by atoms with Gasteiger partial charge in [-0.2, -0.15) is 0 Å². The molecule has 2 aliphatic heterocycles. The van der Waals surface area contributed by atoms with Crippen LogP contribution in [0.15, 0.2) is 18.2 Å². The second kappa shape index (κ2) is 7.85. The average molecular weight is 333 g/mol. The summed E-state index contributed by atoms with van der Waals surface area (Å²) in [6, 6.07) is 5.66. The van der Waals surface area contributed by atoms with Crippen LogP contribution in [0, 0.1) is 6.92 Å². The van der Waals surface area contributed by atoms with E-state index < -0.39 is 0 Å². The molecule has 132 valence electrons. The van der Waals surface area contributed by atoms with Crippen molar-refractivity contribution in [2.24, 2.45) is 0 Å². The standard InChI is InChI=1S/C18H27N3O3/c1-14-12-15(5-6-17(14)23-2)19-18(22)21-9-7-20(8-10-21)13-16-4-3-11-24-16/h5-6,12,16H,3-4,7-11,13H2,1-2H3,(H,19,22)/t16-/m0/s1. The molecule has 6 heteroatoms. The van der Waals surface area contributed by atoms with Gasteiger partial charge in [0.25, 0.3) is 0 Å². The Kier molecular flexibility index (Phi) is 5.58. The summed E-state index contributed by atoms with van der Waals surface area (Å²) in [5.41, 5.74) is 1.82. The molecule has 2 amide bonds. The summed E-state index contributed by atoms with van der Waals surface area (Å²) in [6.45, 7) is 7.20. The molecule has 6 nitrogen and oxygen atoms in total. The molecule has 2 saturated heterocycles. The average Bonchev–Trinajstić information content (AvgIpc) is 3.08. The summed E-state index contributed by atoms with van der Waals surface area (Å²) in [5, 5.41) is 2.98. The molecule has 0 saturated carbocycles. The Morgan fingerprint density at radius 1 is 1.33 bits per heavy atom. The van der Waals surface area contributed by atoms with E-state index in [4.69, 9.17) is 9.47 Å². The third-order valence-electron chi connectivity index (χ3n) is 4.79. The first-order chi connectivity index (χ1) is 11.7. The molecule has 0 unspecified atom stereocenters. The van der Waals surface area contributed by atoms with E-state index in [0.717, 1.165) is 62.8 Å². The lowest BCUT2D eigenvalue weighted by Crippen LogP contribution is -2.51. The van der Waals surface area contributed by atoms with Gasteiger partial charge < -0.3 is 19.7 Å². The van der Waals surface area contributed by atoms with Crippen LogP contribution in [0.2, 0.25) is 0 Å². The minimum atomic E-state index is -0.0312. The van der Waals surface area contributed by atoms with Crippen LogP contribution < -0.4 is 10.1 Å². The van der Waals surface area contributed by atoms with Gasteiger partial charge in [0.05, 0.1) is 13.2 Å². The molecule has 0 aliphatic carbocycles. The first kappa shape index (κ1) is 17.0. The van der Waals surface area contributed by atoms with Crippen molar-refractivity contribution in [1.82, 2.24) is 9.80 Å². The normalized spacial score (nSPS) is 21.8. The van der Waals surface area contributed by atoms with Crippen molar-refractivity contribution in [2.45, 2.75) is 25.9 Å². The minimum absolute atomic E-state index is 0.0312. The summed E-state index contributed by atoms with van der Waals surface area (Å²) < 4.78 is 10.9. The van der Waals surface area contributed by atoms with Crippen molar-refractivity contribution in [3.63, 3.8) is 0 Å². The molecule has 1 N–H and O–H groups in total. The van der Waals surface area contributed by atoms with Gasteiger partial charge in [0.1, 0.15) is 5.75 Å². The highest BCUT2D eigenvalue weighted by molar-refractivity contribution is 5.89. The van der Waals surface area contributed by atoms with E-state index >= 15 is 0 Å². The number of urea groups is 1. The van der Waals surface area contributed by atoms with Gasteiger partial charge in [-0.15, -0.1) is 0 Å². The molecule has 1 aromatic carbocycles. The summed E-state index contributed by atoms with van der Waals surface area (Å²) in [5.74, 6) is 0.829. The first-order valence-corrected chi connectivity index (χ1v) is 8.70. The van der Waals surface area contributed by atoms with E-state index in [1.165, 1.54) is 6.42 Å². The summed E-state index contributed by atoms with van der Waals surface area (Å²) in [7, 11) is 1.65. The number of benzene rings is 1. The third-order valence-corrected chi connectivity index (χ3v) is 4.79. The number of nitrogens with one attached hydrogen (secondary N) is 1. The highest BCUT2D eigenvalue weighted by atomic mass is 16.5. The number of carbonyl (C=O) groups is 1. The van der Waals surface area contributed by atoms with Crippen LogP contribution in [-0.4, -0.2) is 68.4 Å². The van der Waals surface area contributed by atoms with Crippen LogP contribution in [0.4, 0.5) is 10.5 Å². The van der Waals surface area contributed by atoms with Gasteiger partial charge in [-0.05, 0) is 43.5 Å². The Morgan fingerprint density at radius 3 is 2.75 bits per heavy atom. The van der Waals surface area contributed by atoms with Gasteiger partial charge in [-0.25, -0.2) is 4.79 Å². The number of carbonyl (C=O) groups excluding carboxylic acids is 1. The van der Waals surface area contributed by atoms with Gasteiger partial charge in [0.15, 0.2) is 0 Å². The van der Waals surface area contributed by atoms with Gasteiger partial charge in [0.2, 0.25) is 0 Å². The number of nitrogens with zero attached hydrogens (tertiary/aromatic N) is 2. The molecular formula is C18H27N3O3. The van der Waals surface area contributed by atoms with E-state index in [9.17, 15) is 4.79 Å². The number of methoxy groups -OCH3 is 1. The maximum atomic E-state index is 12.4. The molecule has 1 atom stereocenters. The largest absolute Gasteiger partial charge is 0.496 e. The van der Waals surface area contributed by atoms with Crippen molar-refractivity contribution in [3.05, 3.63) is 23.8 Å². The smallest absolute Gasteiger partial charge is 0.321 e. The third kappa shape index (κ3) is 4.19. The van der Waals surface area contributed by atoms with E-state index in [1.54, 1.807) is 7.11 Å². The van der Waals surface area contributed by atoms with Crippen molar-refractivity contribution < 1.29 is 14.3 Å². The Hall–Kier alpha value is -1.79. The van der Waals surface area contributed by atoms with E-state index in [2.05, 4.69) is 10.2 Å². The van der Waals surface area contributed by atoms with Crippen molar-refractivity contribution in [2.75, 3.05) is 51.8 Å². The topological polar surface area (TPSA) is 54.0 Å². The summed E-state index contributed by atoms with van der Waals surface area (Å²) in [6.07, 6.45) is 2.72. The van der Waals surface area contributed by atoms with Gasteiger partial charge in [-0.1, -0.05) is 0 Å². The van der Waals surface area contributed by atoms with Crippen LogP contribution in [0.25, 0.3) is 0 Å². The summed E-state index contributed by atoms with van der Waals surface area (Å²) in [4.78, 5) is 16.7.